The quantitative estimate of drug-likeness (QED) is 0.747. The number of hydrogen-bond donors (Lipinski definition) is 1. The Kier molecular flexibility index (Phi) is 3.81. The molecular weight excluding hydrogens is 302 g/mol. The summed E-state index contributed by atoms with van der Waals surface area (Å²) < 4.78 is 6.78. The van der Waals surface area contributed by atoms with Crippen LogP contribution in [0.4, 0.5) is 0 Å². The molecule has 0 radical (unpaired) electrons. The van der Waals surface area contributed by atoms with E-state index >= 15 is 0 Å². The Balaban J connectivity index is 1.69. The Labute approximate surface area is 130 Å². The van der Waals surface area contributed by atoms with Gasteiger partial charge < -0.3 is 9.72 Å². The monoisotopic (exact) mass is 317 g/mol. The third-order valence-corrected chi connectivity index (χ3v) is 4.54. The van der Waals surface area contributed by atoms with Crippen LogP contribution in [0.5, 0.6) is 0 Å². The topological polar surface area (TPSA) is 77.0 Å². The lowest BCUT2D eigenvalue weighted by molar-refractivity contribution is 0.0510. The minimum atomic E-state index is -0.395. The number of carbonyl (C=O) groups excluding carboxylic acids is 1. The molecule has 0 unspecified atom stereocenters. The summed E-state index contributed by atoms with van der Waals surface area (Å²) in [5.41, 5.74) is 4.36. The number of fused-ring (bicyclic) bond motifs is 1. The highest BCUT2D eigenvalue weighted by atomic mass is 32.1. The summed E-state index contributed by atoms with van der Waals surface area (Å²) in [6.45, 7) is 2.25. The second-order valence-electron chi connectivity index (χ2n) is 4.97. The number of hydrogen-bond acceptors (Lipinski definition) is 5. The van der Waals surface area contributed by atoms with E-state index in [4.69, 9.17) is 4.74 Å². The predicted octanol–water partition coefficient (Wildman–Crippen LogP) is 2.03. The molecule has 0 saturated carbocycles. The first-order chi connectivity index (χ1) is 10.6. The fourth-order valence-corrected chi connectivity index (χ4v) is 3.01. The number of aromatic amines is 1. The summed E-state index contributed by atoms with van der Waals surface area (Å²) in [6, 6.07) is 5.03. The molecule has 0 amide bonds. The molecule has 0 aliphatic rings. The fourth-order valence-electron chi connectivity index (χ4n) is 2.25. The molecule has 114 valence electrons. The lowest BCUT2D eigenvalue weighted by Gasteiger charge is -2.04. The third-order valence-electron chi connectivity index (χ3n) is 3.55. The van der Waals surface area contributed by atoms with E-state index in [1.807, 2.05) is 6.92 Å². The van der Waals surface area contributed by atoms with Crippen molar-refractivity contribution in [2.24, 2.45) is 7.05 Å². The molecule has 3 rings (SSSR count). The first-order valence-corrected chi connectivity index (χ1v) is 7.69. The van der Waals surface area contributed by atoms with E-state index in [-0.39, 0.29) is 5.69 Å². The first-order valence-electron chi connectivity index (χ1n) is 6.81. The highest BCUT2D eigenvalue weighted by molar-refractivity contribution is 7.09. The maximum Gasteiger partial charge on any atom is 0.338 e. The van der Waals surface area contributed by atoms with E-state index < -0.39 is 5.97 Å². The molecule has 1 aromatic carbocycles. The van der Waals surface area contributed by atoms with Crippen molar-refractivity contribution in [1.29, 1.82) is 0 Å². The van der Waals surface area contributed by atoms with E-state index in [9.17, 15) is 9.59 Å². The van der Waals surface area contributed by atoms with Crippen LogP contribution in [0.2, 0.25) is 0 Å². The molecule has 0 fully saturated rings. The molecule has 0 saturated heterocycles. The maximum atomic E-state index is 12.1. The zero-order chi connectivity index (χ0) is 15.7. The lowest BCUT2D eigenvalue weighted by Crippen LogP contribution is -2.11. The largest absolute Gasteiger partial charge is 0.462 e. The van der Waals surface area contributed by atoms with Gasteiger partial charge in [0.2, 0.25) is 0 Å². The number of nitrogens with zero attached hydrogens (tertiary/aromatic N) is 2. The van der Waals surface area contributed by atoms with Crippen LogP contribution < -0.4 is 5.69 Å². The van der Waals surface area contributed by atoms with Gasteiger partial charge in [-0.3, -0.25) is 4.57 Å². The molecule has 0 spiro atoms. The second kappa shape index (κ2) is 5.76. The molecule has 0 aliphatic heterocycles. The maximum absolute atomic E-state index is 12.1. The number of nitrogens with one attached hydrogen (secondary N) is 1. The highest BCUT2D eigenvalue weighted by Crippen LogP contribution is 2.15. The molecule has 3 aromatic rings. The lowest BCUT2D eigenvalue weighted by atomic mass is 10.2. The summed E-state index contributed by atoms with van der Waals surface area (Å²) in [7, 11) is 1.68. The summed E-state index contributed by atoms with van der Waals surface area (Å²) in [5, 5.41) is 0. The van der Waals surface area contributed by atoms with Gasteiger partial charge in [0.15, 0.2) is 0 Å². The number of aromatic nitrogens is 3. The fraction of sp³-hybridized carbons (Fsp3) is 0.267. The minimum Gasteiger partial charge on any atom is -0.462 e. The normalized spacial score (nSPS) is 11.0. The Hall–Kier alpha value is -2.41. The number of ether oxygens (including phenoxy) is 1. The average molecular weight is 317 g/mol. The Morgan fingerprint density at radius 1 is 1.45 bits per heavy atom. The molecule has 2 aromatic heterocycles. The molecule has 7 heteroatoms. The summed E-state index contributed by atoms with van der Waals surface area (Å²) in [6.07, 6.45) is 0.659. The van der Waals surface area contributed by atoms with E-state index in [0.717, 1.165) is 16.1 Å². The summed E-state index contributed by atoms with van der Waals surface area (Å²) >= 11 is 1.56. The third kappa shape index (κ3) is 2.67. The van der Waals surface area contributed by atoms with Crippen molar-refractivity contribution in [3.63, 3.8) is 0 Å². The molecule has 2 heterocycles. The van der Waals surface area contributed by atoms with Gasteiger partial charge in [-0.2, -0.15) is 0 Å². The van der Waals surface area contributed by atoms with Crippen LogP contribution in [0.15, 0.2) is 28.5 Å². The van der Waals surface area contributed by atoms with Gasteiger partial charge in [-0.05, 0) is 25.1 Å². The Bertz CT molecular complexity index is 891. The van der Waals surface area contributed by atoms with Gasteiger partial charge >= 0.3 is 11.7 Å². The number of benzene rings is 1. The predicted molar refractivity (Wildman–Crippen MR) is 84.4 cm³/mol. The van der Waals surface area contributed by atoms with Crippen molar-refractivity contribution in [1.82, 2.24) is 14.5 Å². The summed E-state index contributed by atoms with van der Waals surface area (Å²) in [5.74, 6) is -0.395. The molecule has 0 atom stereocenters. The zero-order valence-corrected chi connectivity index (χ0v) is 13.1. The molecule has 1 N–H and O–H groups in total. The van der Waals surface area contributed by atoms with Crippen molar-refractivity contribution in [2.45, 2.75) is 13.3 Å². The highest BCUT2D eigenvalue weighted by Gasteiger charge is 2.11. The van der Waals surface area contributed by atoms with Crippen LogP contribution in [0.1, 0.15) is 20.9 Å². The number of esters is 1. The summed E-state index contributed by atoms with van der Waals surface area (Å²) in [4.78, 5) is 31.6. The van der Waals surface area contributed by atoms with E-state index in [1.54, 1.807) is 42.1 Å². The SMILES string of the molecule is Cc1ncsc1CCOC(=O)c1ccc2c(c1)[nH]c(=O)n2C. The number of H-pyrrole nitrogens is 1. The van der Waals surface area contributed by atoms with Gasteiger partial charge in [0.05, 0.1) is 34.4 Å². The van der Waals surface area contributed by atoms with Crippen LogP contribution >= 0.6 is 11.3 Å². The van der Waals surface area contributed by atoms with Crippen LogP contribution in [0.3, 0.4) is 0 Å². The van der Waals surface area contributed by atoms with Crippen molar-refractivity contribution in [3.05, 3.63) is 50.3 Å². The van der Waals surface area contributed by atoms with Crippen LogP contribution in [-0.2, 0) is 18.2 Å². The Morgan fingerprint density at radius 2 is 2.27 bits per heavy atom. The molecule has 0 bridgehead atoms. The molecule has 6 nitrogen and oxygen atoms in total. The van der Waals surface area contributed by atoms with E-state index in [2.05, 4.69) is 9.97 Å². The number of rotatable bonds is 4. The second-order valence-corrected chi connectivity index (χ2v) is 5.91. The molecule has 0 aliphatic carbocycles. The van der Waals surface area contributed by atoms with Crippen molar-refractivity contribution in [3.8, 4) is 0 Å². The number of aryl methyl sites for hydroxylation is 2. The van der Waals surface area contributed by atoms with Crippen molar-refractivity contribution < 1.29 is 9.53 Å². The van der Waals surface area contributed by atoms with E-state index in [1.165, 1.54) is 4.57 Å². The smallest absolute Gasteiger partial charge is 0.338 e. The standard InChI is InChI=1S/C15H15N3O3S/c1-9-13(22-8-16-9)5-6-21-14(19)10-3-4-12-11(7-10)17-15(20)18(12)2/h3-4,7-8H,5-6H2,1-2H3,(H,17,20). The molecule has 22 heavy (non-hydrogen) atoms. The molecular formula is C15H15N3O3S. The van der Waals surface area contributed by atoms with Gasteiger partial charge in [-0.1, -0.05) is 0 Å². The van der Waals surface area contributed by atoms with Gasteiger partial charge in [-0.25, -0.2) is 14.6 Å². The van der Waals surface area contributed by atoms with Crippen molar-refractivity contribution in [2.75, 3.05) is 6.61 Å². The average Bonchev–Trinajstić information content (AvgIpc) is 3.03. The minimum absolute atomic E-state index is 0.207. The van der Waals surface area contributed by atoms with E-state index in [0.29, 0.717) is 24.1 Å². The van der Waals surface area contributed by atoms with Gasteiger partial charge in [0.1, 0.15) is 0 Å². The first kappa shape index (κ1) is 14.5. The number of thiazole rings is 1. The van der Waals surface area contributed by atoms with Crippen LogP contribution in [-0.4, -0.2) is 27.1 Å². The van der Waals surface area contributed by atoms with Gasteiger partial charge in [0, 0.05) is 18.3 Å². The van der Waals surface area contributed by atoms with Gasteiger partial charge in [-0.15, -0.1) is 11.3 Å². The van der Waals surface area contributed by atoms with Crippen molar-refractivity contribution >= 4 is 28.3 Å². The number of carbonyl (C=O) groups is 1. The van der Waals surface area contributed by atoms with Crippen LogP contribution in [0, 0.1) is 6.92 Å². The number of imidazole rings is 1. The van der Waals surface area contributed by atoms with Crippen LogP contribution in [0.25, 0.3) is 11.0 Å². The zero-order valence-electron chi connectivity index (χ0n) is 12.3. The van der Waals surface area contributed by atoms with Gasteiger partial charge in [0.25, 0.3) is 0 Å². The Morgan fingerprint density at radius 3 is 3.00 bits per heavy atom.